The summed E-state index contributed by atoms with van der Waals surface area (Å²) in [7, 11) is -4.90. The van der Waals surface area contributed by atoms with E-state index in [1.165, 1.54) is 24.3 Å². The van der Waals surface area contributed by atoms with Crippen LogP contribution in [-0.2, 0) is 20.5 Å². The van der Waals surface area contributed by atoms with Gasteiger partial charge in [-0.05, 0) is 30.3 Å². The Morgan fingerprint density at radius 3 is 2.38 bits per heavy atom. The van der Waals surface area contributed by atoms with Crippen LogP contribution in [0.25, 0.3) is 0 Å². The van der Waals surface area contributed by atoms with E-state index >= 15 is 0 Å². The van der Waals surface area contributed by atoms with Crippen molar-refractivity contribution in [1.82, 2.24) is 0 Å². The summed E-state index contributed by atoms with van der Waals surface area (Å²) in [5, 5.41) is 20.0. The second kappa shape index (κ2) is 5.49. The number of rotatable bonds is 1. The number of hydrogen-bond acceptors (Lipinski definition) is 7. The smallest absolute Gasteiger partial charge is 0.340 e. The molecule has 0 saturated heterocycles. The summed E-state index contributed by atoms with van der Waals surface area (Å²) in [5.41, 5.74) is -0.404. The fourth-order valence-electron chi connectivity index (χ4n) is 3.94. The molecule has 0 radical (unpaired) electrons. The van der Waals surface area contributed by atoms with E-state index in [1.807, 2.05) is 0 Å². The van der Waals surface area contributed by atoms with Gasteiger partial charge in [0.25, 0.3) is 0 Å². The number of carbonyl (C=O) groups is 1. The molecule has 1 unspecified atom stereocenters. The average Bonchev–Trinajstić information content (AvgIpc) is 2.94. The minimum absolute atomic E-state index is 0.0116. The largest absolute Gasteiger partial charge is 0.508 e. The Balaban J connectivity index is 1.96. The Bertz CT molecular complexity index is 1330. The number of phenols is 2. The zero-order valence-corrected chi connectivity index (χ0v) is 15.3. The standard InChI is InChI=1S/C20H12O8S/c21-10-5-6-13-16(9-10)27-17-14(7-8-15(22)18(17)29(24,25)26)20(13)12-4-2-1-3-11(12)19(23)28-20/h1-9,21-22H,(H,24,25,26). The number of phenolic OH excluding ortho intramolecular Hbond substituents is 2. The predicted octanol–water partition coefficient (Wildman–Crippen LogP) is 2.91. The third kappa shape index (κ3) is 2.22. The molecule has 1 spiro atoms. The lowest BCUT2D eigenvalue weighted by Gasteiger charge is -2.37. The number of hydrogen-bond donors (Lipinski definition) is 3. The zero-order chi connectivity index (χ0) is 20.6. The molecule has 0 aliphatic carbocycles. The lowest BCUT2D eigenvalue weighted by atomic mass is 9.77. The first-order chi connectivity index (χ1) is 13.7. The molecule has 3 aromatic rings. The highest BCUT2D eigenvalue weighted by Crippen LogP contribution is 2.58. The predicted molar refractivity (Wildman–Crippen MR) is 97.8 cm³/mol. The van der Waals surface area contributed by atoms with Gasteiger partial charge in [-0.15, -0.1) is 0 Å². The van der Waals surface area contributed by atoms with Gasteiger partial charge in [0, 0.05) is 22.8 Å². The van der Waals surface area contributed by atoms with Crippen molar-refractivity contribution in [2.75, 3.05) is 0 Å². The summed E-state index contributed by atoms with van der Waals surface area (Å²) in [6.45, 7) is 0. The maximum Gasteiger partial charge on any atom is 0.340 e. The summed E-state index contributed by atoms with van der Waals surface area (Å²) in [6, 6.07) is 13.2. The van der Waals surface area contributed by atoms with Gasteiger partial charge in [-0.3, -0.25) is 4.55 Å². The van der Waals surface area contributed by atoms with E-state index < -0.39 is 38.1 Å². The van der Waals surface area contributed by atoms with Crippen LogP contribution < -0.4 is 4.74 Å². The van der Waals surface area contributed by atoms with Gasteiger partial charge < -0.3 is 19.7 Å². The van der Waals surface area contributed by atoms with Crippen LogP contribution in [0.3, 0.4) is 0 Å². The van der Waals surface area contributed by atoms with Crippen LogP contribution in [0.15, 0.2) is 59.5 Å². The van der Waals surface area contributed by atoms with E-state index in [1.54, 1.807) is 24.3 Å². The SMILES string of the molecule is O=C1OC2(c3ccc(O)cc3Oc3c2ccc(O)c3S(=O)(=O)O)c2ccccc21. The molecular weight excluding hydrogens is 400 g/mol. The number of fused-ring (bicyclic) bond motifs is 6. The Labute approximate surface area is 164 Å². The first-order valence-corrected chi connectivity index (χ1v) is 9.85. The zero-order valence-electron chi connectivity index (χ0n) is 14.5. The molecule has 0 bridgehead atoms. The van der Waals surface area contributed by atoms with Crippen LogP contribution in [0.5, 0.6) is 23.0 Å². The van der Waals surface area contributed by atoms with Gasteiger partial charge in [0.15, 0.2) is 16.2 Å². The molecule has 0 amide bonds. The van der Waals surface area contributed by atoms with E-state index in [-0.39, 0.29) is 22.6 Å². The van der Waals surface area contributed by atoms with Gasteiger partial charge in [0.1, 0.15) is 17.2 Å². The van der Waals surface area contributed by atoms with Crippen molar-refractivity contribution in [3.63, 3.8) is 0 Å². The Kier molecular flexibility index (Phi) is 3.32. The van der Waals surface area contributed by atoms with E-state index in [0.29, 0.717) is 11.1 Å². The molecule has 8 nitrogen and oxygen atoms in total. The number of carbonyl (C=O) groups excluding carboxylic acids is 1. The van der Waals surface area contributed by atoms with Crippen LogP contribution in [0.2, 0.25) is 0 Å². The Morgan fingerprint density at radius 2 is 1.62 bits per heavy atom. The summed E-state index contributed by atoms with van der Waals surface area (Å²) < 4.78 is 45.1. The summed E-state index contributed by atoms with van der Waals surface area (Å²) in [5.74, 6) is -1.92. The van der Waals surface area contributed by atoms with Gasteiger partial charge in [-0.2, -0.15) is 8.42 Å². The molecule has 2 aliphatic rings. The molecule has 3 N–H and O–H groups in total. The molecule has 0 fully saturated rings. The van der Waals surface area contributed by atoms with Crippen LogP contribution in [0, 0.1) is 0 Å². The van der Waals surface area contributed by atoms with Crippen LogP contribution >= 0.6 is 0 Å². The van der Waals surface area contributed by atoms with Crippen molar-refractivity contribution in [3.05, 3.63) is 76.9 Å². The molecule has 3 aromatic carbocycles. The van der Waals surface area contributed by atoms with Gasteiger partial charge in [-0.25, -0.2) is 4.79 Å². The van der Waals surface area contributed by atoms with Crippen molar-refractivity contribution in [2.24, 2.45) is 0 Å². The number of esters is 1. The second-order valence-electron chi connectivity index (χ2n) is 6.66. The van der Waals surface area contributed by atoms with Crippen molar-refractivity contribution in [3.8, 4) is 23.0 Å². The number of benzene rings is 3. The van der Waals surface area contributed by atoms with Gasteiger partial charge in [-0.1, -0.05) is 18.2 Å². The van der Waals surface area contributed by atoms with Gasteiger partial charge in [0.05, 0.1) is 5.56 Å². The molecule has 9 heteroatoms. The van der Waals surface area contributed by atoms with Crippen LogP contribution in [0.1, 0.15) is 27.0 Å². The minimum Gasteiger partial charge on any atom is -0.508 e. The maximum atomic E-state index is 12.6. The monoisotopic (exact) mass is 412 g/mol. The van der Waals surface area contributed by atoms with Crippen molar-refractivity contribution >= 4 is 16.1 Å². The molecule has 2 heterocycles. The van der Waals surface area contributed by atoms with Crippen molar-refractivity contribution in [2.45, 2.75) is 10.5 Å². The summed E-state index contributed by atoms with van der Waals surface area (Å²) in [4.78, 5) is 11.8. The van der Waals surface area contributed by atoms with E-state index in [0.717, 1.165) is 6.07 Å². The van der Waals surface area contributed by atoms with Crippen LogP contribution in [0.4, 0.5) is 0 Å². The summed E-state index contributed by atoms with van der Waals surface area (Å²) >= 11 is 0. The number of aromatic hydroxyl groups is 2. The van der Waals surface area contributed by atoms with Gasteiger partial charge in [0.2, 0.25) is 0 Å². The van der Waals surface area contributed by atoms with Gasteiger partial charge >= 0.3 is 16.1 Å². The molecular formula is C20H12O8S. The maximum absolute atomic E-state index is 12.6. The topological polar surface area (TPSA) is 130 Å². The molecule has 2 aliphatic heterocycles. The fourth-order valence-corrected chi connectivity index (χ4v) is 4.66. The third-order valence-corrected chi connectivity index (χ3v) is 5.97. The first-order valence-electron chi connectivity index (χ1n) is 8.41. The molecule has 1 atom stereocenters. The Hall–Kier alpha value is -3.56. The Morgan fingerprint density at radius 1 is 0.897 bits per heavy atom. The average molecular weight is 412 g/mol. The lowest BCUT2D eigenvalue weighted by Crippen LogP contribution is -2.33. The van der Waals surface area contributed by atoms with E-state index in [2.05, 4.69) is 0 Å². The molecule has 0 saturated carbocycles. The molecule has 5 rings (SSSR count). The molecule has 146 valence electrons. The highest BCUT2D eigenvalue weighted by Gasteiger charge is 2.54. The molecule has 0 aromatic heterocycles. The fraction of sp³-hybridized carbons (Fsp3) is 0.0500. The lowest BCUT2D eigenvalue weighted by molar-refractivity contribution is 0.0222. The minimum atomic E-state index is -4.90. The highest BCUT2D eigenvalue weighted by molar-refractivity contribution is 7.86. The normalized spacial score (nSPS) is 19.1. The number of ether oxygens (including phenoxy) is 2. The van der Waals surface area contributed by atoms with E-state index in [4.69, 9.17) is 9.47 Å². The summed E-state index contributed by atoms with van der Waals surface area (Å²) in [6.07, 6.45) is 0. The first kappa shape index (κ1) is 17.5. The quantitative estimate of drug-likeness (QED) is 0.411. The van der Waals surface area contributed by atoms with E-state index in [9.17, 15) is 28.0 Å². The van der Waals surface area contributed by atoms with Crippen molar-refractivity contribution < 1.29 is 37.5 Å². The molecule has 29 heavy (non-hydrogen) atoms. The third-order valence-electron chi connectivity index (χ3n) is 5.06. The van der Waals surface area contributed by atoms with Crippen LogP contribution in [-0.4, -0.2) is 29.2 Å². The van der Waals surface area contributed by atoms with Crippen molar-refractivity contribution in [1.29, 1.82) is 0 Å². The highest BCUT2D eigenvalue weighted by atomic mass is 32.2. The second-order valence-corrected chi connectivity index (χ2v) is 8.02.